The first-order chi connectivity index (χ1) is 13.1. The fourth-order valence-electron chi connectivity index (χ4n) is 3.41. The highest BCUT2D eigenvalue weighted by Crippen LogP contribution is 2.31. The number of aromatic nitrogens is 6. The number of aryl methyl sites for hydroxylation is 2. The fraction of sp³-hybridized carbons (Fsp3) is 0.278. The zero-order valence-corrected chi connectivity index (χ0v) is 15.8. The van der Waals surface area contributed by atoms with E-state index >= 15 is 0 Å². The van der Waals surface area contributed by atoms with Gasteiger partial charge in [0.05, 0.1) is 29.7 Å². The van der Waals surface area contributed by atoms with E-state index in [-0.39, 0.29) is 5.56 Å². The molecule has 0 amide bonds. The van der Waals surface area contributed by atoms with Gasteiger partial charge < -0.3 is 4.57 Å². The van der Waals surface area contributed by atoms with Gasteiger partial charge in [-0.15, -0.1) is 11.3 Å². The van der Waals surface area contributed by atoms with Crippen molar-refractivity contribution in [2.75, 3.05) is 6.54 Å². The summed E-state index contributed by atoms with van der Waals surface area (Å²) in [6.45, 7) is 1.10. The van der Waals surface area contributed by atoms with E-state index in [0.29, 0.717) is 25.0 Å². The van der Waals surface area contributed by atoms with Gasteiger partial charge in [-0.3, -0.25) is 14.5 Å². The van der Waals surface area contributed by atoms with Gasteiger partial charge in [0.2, 0.25) is 0 Å². The summed E-state index contributed by atoms with van der Waals surface area (Å²) in [5.74, 6) is 0. The number of hydrogen-bond donors (Lipinski definition) is 0. The molecule has 4 aromatic heterocycles. The maximum absolute atomic E-state index is 13.0. The summed E-state index contributed by atoms with van der Waals surface area (Å²) in [7, 11) is 3.79. The number of allylic oxidation sites excluding steroid dienone is 1. The molecule has 0 saturated heterocycles. The van der Waals surface area contributed by atoms with E-state index in [1.54, 1.807) is 28.4 Å². The SMILES string of the molecule is Cn1ccc(Cc2nc3c(s2)c2cnn(CC4=CC=NC4)c(=O)c2n3C)n1. The molecule has 27 heavy (non-hydrogen) atoms. The summed E-state index contributed by atoms with van der Waals surface area (Å²) in [5, 5.41) is 10.6. The average molecular weight is 379 g/mol. The molecule has 5 heterocycles. The second-order valence-corrected chi connectivity index (χ2v) is 7.74. The summed E-state index contributed by atoms with van der Waals surface area (Å²) in [6, 6.07) is 1.99. The van der Waals surface area contributed by atoms with E-state index in [2.05, 4.69) is 15.2 Å². The molecule has 5 rings (SSSR count). The Morgan fingerprint density at radius 3 is 2.93 bits per heavy atom. The van der Waals surface area contributed by atoms with Crippen LogP contribution in [0.25, 0.3) is 21.3 Å². The molecule has 0 saturated carbocycles. The molecule has 1 aliphatic heterocycles. The first kappa shape index (κ1) is 16.1. The van der Waals surface area contributed by atoms with Gasteiger partial charge in [0.15, 0.2) is 5.65 Å². The van der Waals surface area contributed by atoms with Crippen LogP contribution in [0.4, 0.5) is 0 Å². The molecule has 8 nitrogen and oxygen atoms in total. The average Bonchev–Trinajstić information content (AvgIpc) is 3.40. The molecule has 0 bridgehead atoms. The minimum Gasteiger partial charge on any atom is -0.323 e. The van der Waals surface area contributed by atoms with E-state index in [4.69, 9.17) is 4.98 Å². The van der Waals surface area contributed by atoms with Crippen molar-refractivity contribution in [1.82, 2.24) is 29.1 Å². The maximum Gasteiger partial charge on any atom is 0.291 e. The topological polar surface area (TPSA) is 82.9 Å². The molecule has 0 fully saturated rings. The van der Waals surface area contributed by atoms with Crippen LogP contribution in [-0.2, 0) is 27.1 Å². The Hall–Kier alpha value is -3.07. The zero-order chi connectivity index (χ0) is 18.5. The zero-order valence-electron chi connectivity index (χ0n) is 15.0. The minimum absolute atomic E-state index is 0.0979. The molecule has 0 radical (unpaired) electrons. The van der Waals surface area contributed by atoms with E-state index in [0.717, 1.165) is 32.0 Å². The third kappa shape index (κ3) is 2.62. The van der Waals surface area contributed by atoms with Crippen LogP contribution < -0.4 is 5.56 Å². The summed E-state index contributed by atoms with van der Waals surface area (Å²) in [5.41, 5.74) is 3.42. The van der Waals surface area contributed by atoms with Crippen LogP contribution in [0.1, 0.15) is 10.7 Å². The van der Waals surface area contributed by atoms with Crippen LogP contribution in [0, 0.1) is 0 Å². The summed E-state index contributed by atoms with van der Waals surface area (Å²) in [6.07, 6.45) is 8.09. The Balaban J connectivity index is 1.57. The van der Waals surface area contributed by atoms with E-state index < -0.39 is 0 Å². The molecular weight excluding hydrogens is 362 g/mol. The molecule has 4 aromatic rings. The van der Waals surface area contributed by atoms with Crippen LogP contribution in [0.5, 0.6) is 0 Å². The monoisotopic (exact) mass is 379 g/mol. The van der Waals surface area contributed by atoms with Crippen molar-refractivity contribution in [3.63, 3.8) is 0 Å². The highest BCUT2D eigenvalue weighted by Gasteiger charge is 2.19. The predicted molar refractivity (Wildman–Crippen MR) is 106 cm³/mol. The highest BCUT2D eigenvalue weighted by atomic mass is 32.1. The molecule has 0 unspecified atom stereocenters. The number of nitrogens with zero attached hydrogens (tertiary/aromatic N) is 7. The molecule has 0 N–H and O–H groups in total. The van der Waals surface area contributed by atoms with E-state index in [1.807, 2.05) is 37.0 Å². The number of fused-ring (bicyclic) bond motifs is 3. The Morgan fingerprint density at radius 1 is 1.30 bits per heavy atom. The summed E-state index contributed by atoms with van der Waals surface area (Å²) < 4.78 is 6.16. The fourth-order valence-corrected chi connectivity index (χ4v) is 4.53. The Kier molecular flexibility index (Phi) is 3.57. The summed E-state index contributed by atoms with van der Waals surface area (Å²) in [4.78, 5) is 21.9. The van der Waals surface area contributed by atoms with Crippen molar-refractivity contribution in [1.29, 1.82) is 0 Å². The molecule has 0 spiro atoms. The van der Waals surface area contributed by atoms with E-state index in [9.17, 15) is 4.79 Å². The van der Waals surface area contributed by atoms with Crippen molar-refractivity contribution in [3.05, 3.63) is 51.2 Å². The third-order valence-electron chi connectivity index (χ3n) is 4.73. The lowest BCUT2D eigenvalue weighted by molar-refractivity contribution is 0.632. The van der Waals surface area contributed by atoms with Crippen molar-refractivity contribution in [2.24, 2.45) is 19.1 Å². The van der Waals surface area contributed by atoms with Crippen molar-refractivity contribution in [2.45, 2.75) is 13.0 Å². The lowest BCUT2D eigenvalue weighted by Crippen LogP contribution is -2.25. The van der Waals surface area contributed by atoms with Gasteiger partial charge in [-0.25, -0.2) is 9.67 Å². The van der Waals surface area contributed by atoms with Gasteiger partial charge in [-0.2, -0.15) is 10.2 Å². The Bertz CT molecular complexity index is 1300. The first-order valence-corrected chi connectivity index (χ1v) is 9.42. The predicted octanol–water partition coefficient (Wildman–Crippen LogP) is 1.68. The lowest BCUT2D eigenvalue weighted by atomic mass is 10.3. The second kappa shape index (κ2) is 5.98. The number of aliphatic imine (C=N–C) groups is 1. The van der Waals surface area contributed by atoms with Crippen molar-refractivity contribution < 1.29 is 0 Å². The van der Waals surface area contributed by atoms with Crippen LogP contribution in [0.15, 0.2) is 39.9 Å². The number of rotatable bonds is 4. The molecule has 136 valence electrons. The van der Waals surface area contributed by atoms with Crippen molar-refractivity contribution >= 4 is 38.8 Å². The smallest absolute Gasteiger partial charge is 0.291 e. The lowest BCUT2D eigenvalue weighted by Gasteiger charge is -2.05. The minimum atomic E-state index is -0.0979. The van der Waals surface area contributed by atoms with Gasteiger partial charge in [0.25, 0.3) is 5.56 Å². The van der Waals surface area contributed by atoms with Crippen LogP contribution in [-0.4, -0.2) is 41.9 Å². The van der Waals surface area contributed by atoms with Gasteiger partial charge in [0, 0.05) is 38.3 Å². The third-order valence-corrected chi connectivity index (χ3v) is 5.81. The van der Waals surface area contributed by atoms with Gasteiger partial charge >= 0.3 is 0 Å². The molecule has 1 aliphatic rings. The van der Waals surface area contributed by atoms with Gasteiger partial charge in [-0.05, 0) is 17.7 Å². The highest BCUT2D eigenvalue weighted by molar-refractivity contribution is 7.19. The normalized spacial score (nSPS) is 13.9. The van der Waals surface area contributed by atoms with E-state index in [1.165, 1.54) is 4.68 Å². The van der Waals surface area contributed by atoms with Crippen molar-refractivity contribution in [3.8, 4) is 0 Å². The number of hydrogen-bond acceptors (Lipinski definition) is 6. The Labute approximate surface area is 158 Å². The van der Waals surface area contributed by atoms with Crippen LogP contribution >= 0.6 is 11.3 Å². The van der Waals surface area contributed by atoms with Crippen LogP contribution in [0.2, 0.25) is 0 Å². The Morgan fingerprint density at radius 2 is 2.19 bits per heavy atom. The number of thiazole rings is 1. The quantitative estimate of drug-likeness (QED) is 0.540. The second-order valence-electron chi connectivity index (χ2n) is 6.66. The maximum atomic E-state index is 13.0. The molecule has 0 atom stereocenters. The molecule has 0 aliphatic carbocycles. The molecule has 9 heteroatoms. The van der Waals surface area contributed by atoms with Crippen LogP contribution in [0.3, 0.4) is 0 Å². The molecular formula is C18H17N7OS. The first-order valence-electron chi connectivity index (χ1n) is 8.60. The van der Waals surface area contributed by atoms with Gasteiger partial charge in [0.1, 0.15) is 10.5 Å². The van der Waals surface area contributed by atoms with Gasteiger partial charge in [-0.1, -0.05) is 0 Å². The summed E-state index contributed by atoms with van der Waals surface area (Å²) >= 11 is 1.60. The standard InChI is InChI=1S/C18H17N7OS/c1-23-6-4-12(22-23)7-14-21-17-16(27-14)13-9-20-25(10-11-3-5-19-8-11)18(26)15(13)24(17)2/h3-6,9H,7-8,10H2,1-2H3. The largest absolute Gasteiger partial charge is 0.323 e. The molecule has 0 aromatic carbocycles.